The first-order valence-electron chi connectivity index (χ1n) is 0.258. The molecule has 1 N–H and O–H groups in total. The normalized spacial score (nSPS) is 1.75. The molecule has 1 nitrogen and oxygen atoms in total. The van der Waals surface area contributed by atoms with Crippen LogP contribution in [0.1, 0.15) is 0 Å². The van der Waals surface area contributed by atoms with Crippen LogP contribution in [0.25, 0.3) is 0 Å². The monoisotopic (exact) mass is 132 g/mol. The molecule has 0 saturated carbocycles. The number of rotatable bonds is 0. The van der Waals surface area contributed by atoms with Crippen molar-refractivity contribution in [2.45, 2.75) is 0 Å². The van der Waals surface area contributed by atoms with Gasteiger partial charge in [0.2, 0.25) is 0 Å². The summed E-state index contributed by atoms with van der Waals surface area (Å²) >= 11 is 0.688. The van der Waals surface area contributed by atoms with Gasteiger partial charge in [-0.05, 0) is 0 Å². The van der Waals surface area contributed by atoms with Gasteiger partial charge in [-0.15, -0.1) is 0 Å². The minimum absolute atomic E-state index is 0. The van der Waals surface area contributed by atoms with Crippen LogP contribution in [0.3, 0.4) is 0 Å². The van der Waals surface area contributed by atoms with Crippen LogP contribution in [0.4, 0.5) is 0 Å². The Morgan fingerprint density at radius 3 is 1.00 bits per heavy atom. The first-order chi connectivity index (χ1) is 1.00. The summed E-state index contributed by atoms with van der Waals surface area (Å²) in [5.41, 5.74) is 0. The van der Waals surface area contributed by atoms with E-state index in [2.05, 4.69) is 0 Å². The van der Waals surface area contributed by atoms with Crippen molar-refractivity contribution in [3.05, 3.63) is 0 Å². The van der Waals surface area contributed by atoms with E-state index < -0.39 is 0 Å². The number of hydrogen-bond acceptors (Lipinski definition) is 1. The molecule has 0 aliphatic rings. The predicted molar refractivity (Wildman–Crippen MR) is 2.22 cm³/mol. The Bertz CT molecular complexity index is 6.00. The molecule has 4 heteroatoms. The number of hydrogen-bond donors (Lipinski definition) is 1. The summed E-state index contributed by atoms with van der Waals surface area (Å²) in [6.45, 7) is 0. The van der Waals surface area contributed by atoms with Gasteiger partial charge in [0, 0.05) is 0 Å². The molecule has 0 aliphatic carbocycles. The van der Waals surface area contributed by atoms with Crippen LogP contribution in [-0.2, 0) is 24.8 Å². The van der Waals surface area contributed by atoms with Gasteiger partial charge in [-0.2, -0.15) is 0 Å². The maximum absolute atomic E-state index is 7.06. The van der Waals surface area contributed by atoms with Crippen molar-refractivity contribution in [2.75, 3.05) is 0 Å². The third-order valence-corrected chi connectivity index (χ3v) is 0. The fraction of sp³-hybridized carbons (Fsp3) is 0. The van der Waals surface area contributed by atoms with E-state index in [9.17, 15) is 0 Å². The molecule has 24 valence electrons. The van der Waals surface area contributed by atoms with Gasteiger partial charge in [0.05, 0.1) is 0 Å². The fourth-order valence-corrected chi connectivity index (χ4v) is 0. The van der Waals surface area contributed by atoms with E-state index in [1.807, 2.05) is 0 Å². The van der Waals surface area contributed by atoms with E-state index in [1.54, 1.807) is 0 Å². The molecule has 0 saturated heterocycles. The molecule has 0 spiro atoms. The van der Waals surface area contributed by atoms with Gasteiger partial charge in [-0.25, -0.2) is 0 Å². The summed E-state index contributed by atoms with van der Waals surface area (Å²) in [6.07, 6.45) is 0. The van der Waals surface area contributed by atoms with Gasteiger partial charge in [0.1, 0.15) is 0 Å². The van der Waals surface area contributed by atoms with Crippen LogP contribution in [0.5, 0.6) is 0 Å². The molecule has 0 bridgehead atoms. The molecule has 0 aliphatic heterocycles. The molecule has 0 unspecified atom stereocenters. The Morgan fingerprint density at radius 1 is 1.00 bits per heavy atom. The molecule has 0 aromatic rings. The summed E-state index contributed by atoms with van der Waals surface area (Å²) in [5, 5.41) is 0. The predicted octanol–water partition coefficient (Wildman–Crippen LogP) is -6.55. The molecule has 0 radical (unpaired) electrons. The quantitative estimate of drug-likeness (QED) is 0.348. The Hall–Kier alpha value is 1.41. The first kappa shape index (κ1) is 18.1. The van der Waals surface area contributed by atoms with Crippen molar-refractivity contribution >= 4 is 0 Å². The van der Waals surface area contributed by atoms with Gasteiger partial charge in [0.15, 0.2) is 0 Å². The SMILES string of the molecule is [Cl-].[Cl-].[OH][Sc+2]. The average Bonchev–Trinajstić information content (AvgIpc) is 1.00. The van der Waals surface area contributed by atoms with Crippen LogP contribution < -0.4 is 24.8 Å². The zero-order valence-electron chi connectivity index (χ0n) is 1.78. The first-order valence-corrected chi connectivity index (χ1v) is 1.06. The van der Waals surface area contributed by atoms with E-state index in [0.29, 0.717) is 24.8 Å². The standard InChI is InChI=1S/2ClH.H2O.Sc/h2*1H;1H2;/q;;;+3/p-3. The molecular formula is HCl2OSc. The van der Waals surface area contributed by atoms with Gasteiger partial charge in [-0.1, -0.05) is 0 Å². The van der Waals surface area contributed by atoms with E-state index in [4.69, 9.17) is 3.22 Å². The molecule has 4 heavy (non-hydrogen) atoms. The summed E-state index contributed by atoms with van der Waals surface area (Å²) in [7, 11) is 0. The summed E-state index contributed by atoms with van der Waals surface area (Å²) in [5.74, 6) is 0. The molecule has 0 atom stereocenters. The average molecular weight is 133 g/mol. The Morgan fingerprint density at radius 2 is 1.00 bits per heavy atom. The third-order valence-electron chi connectivity index (χ3n) is 0. The van der Waals surface area contributed by atoms with E-state index in [-0.39, 0.29) is 24.8 Å². The molecule has 0 aromatic carbocycles. The second-order valence-corrected chi connectivity index (χ2v) is 0. The van der Waals surface area contributed by atoms with Crippen molar-refractivity contribution in [3.8, 4) is 0 Å². The van der Waals surface area contributed by atoms with Crippen LogP contribution in [0.15, 0.2) is 0 Å². The van der Waals surface area contributed by atoms with Crippen LogP contribution in [0, 0.1) is 0 Å². The van der Waals surface area contributed by atoms with Gasteiger partial charge in [-0.3, -0.25) is 0 Å². The molecule has 0 rings (SSSR count). The van der Waals surface area contributed by atoms with E-state index in [1.165, 1.54) is 0 Å². The second-order valence-electron chi connectivity index (χ2n) is 0. The van der Waals surface area contributed by atoms with Crippen LogP contribution in [-0.4, -0.2) is 3.22 Å². The summed E-state index contributed by atoms with van der Waals surface area (Å²) in [6, 6.07) is 0. The molecular weight excluding hydrogens is 132 g/mol. The summed E-state index contributed by atoms with van der Waals surface area (Å²) < 4.78 is 7.06. The Kier molecular flexibility index (Phi) is 117. The van der Waals surface area contributed by atoms with Crippen LogP contribution in [0.2, 0.25) is 0 Å². The third kappa shape index (κ3) is 9.96. The van der Waals surface area contributed by atoms with Gasteiger partial charge < -0.3 is 24.8 Å². The second kappa shape index (κ2) is 25.8. The van der Waals surface area contributed by atoms with Crippen molar-refractivity contribution in [3.63, 3.8) is 0 Å². The van der Waals surface area contributed by atoms with Gasteiger partial charge >= 0.3 is 28.0 Å². The zero-order chi connectivity index (χ0) is 2.00. The number of halogens is 2. The molecule has 0 heterocycles. The Labute approximate surface area is 52.8 Å². The maximum atomic E-state index is 7.06. The molecule has 0 amide bonds. The van der Waals surface area contributed by atoms with Crippen LogP contribution >= 0.6 is 0 Å². The Balaban J connectivity index is -0.00000000500. The van der Waals surface area contributed by atoms with Crippen molar-refractivity contribution in [2.24, 2.45) is 0 Å². The zero-order valence-corrected chi connectivity index (χ0v) is 5.10. The van der Waals surface area contributed by atoms with Crippen molar-refractivity contribution < 1.29 is 52.8 Å². The van der Waals surface area contributed by atoms with E-state index in [0.717, 1.165) is 0 Å². The minimum atomic E-state index is 0. The van der Waals surface area contributed by atoms with E-state index >= 15 is 0 Å². The molecule has 0 aromatic heterocycles. The topological polar surface area (TPSA) is 20.2 Å². The van der Waals surface area contributed by atoms with Crippen molar-refractivity contribution in [1.29, 1.82) is 0 Å². The molecule has 0 fully saturated rings. The van der Waals surface area contributed by atoms with Gasteiger partial charge in [0.25, 0.3) is 0 Å². The van der Waals surface area contributed by atoms with Crippen molar-refractivity contribution in [1.82, 2.24) is 0 Å². The summed E-state index contributed by atoms with van der Waals surface area (Å²) in [4.78, 5) is 0. The fourth-order valence-electron chi connectivity index (χ4n) is 0.